The predicted molar refractivity (Wildman–Crippen MR) is 139 cm³/mol. The van der Waals surface area contributed by atoms with Gasteiger partial charge in [-0.3, -0.25) is 9.59 Å². The Bertz CT molecular complexity index is 1100. The first-order valence-corrected chi connectivity index (χ1v) is 12.5. The zero-order chi connectivity index (χ0) is 26.4. The molecule has 1 heterocycles. The van der Waals surface area contributed by atoms with E-state index in [0.29, 0.717) is 37.5 Å². The predicted octanol–water partition coefficient (Wildman–Crippen LogP) is 5.45. The van der Waals surface area contributed by atoms with Gasteiger partial charge in [0.15, 0.2) is 0 Å². The van der Waals surface area contributed by atoms with Crippen molar-refractivity contribution < 1.29 is 28.9 Å². The molecule has 0 aromatic heterocycles. The molecule has 1 unspecified atom stereocenters. The maximum absolute atomic E-state index is 13.3. The van der Waals surface area contributed by atoms with E-state index in [0.717, 1.165) is 16.9 Å². The van der Waals surface area contributed by atoms with Crippen LogP contribution in [0.3, 0.4) is 0 Å². The van der Waals surface area contributed by atoms with Crippen LogP contribution in [0.5, 0.6) is 11.5 Å². The molecule has 194 valence electrons. The minimum absolute atomic E-state index is 0.0765. The fourth-order valence-corrected chi connectivity index (χ4v) is 4.39. The summed E-state index contributed by atoms with van der Waals surface area (Å²) in [6, 6.07) is 11.8. The largest absolute Gasteiger partial charge is 0.507 e. The Morgan fingerprint density at radius 3 is 2.33 bits per heavy atom. The maximum Gasteiger partial charge on any atom is 0.295 e. The Morgan fingerprint density at radius 1 is 1.06 bits per heavy atom. The monoisotopic (exact) mass is 495 g/mol. The van der Waals surface area contributed by atoms with Crippen molar-refractivity contribution in [1.82, 2.24) is 4.90 Å². The number of carbonyl (C=O) groups is 2. The molecule has 36 heavy (non-hydrogen) atoms. The summed E-state index contributed by atoms with van der Waals surface area (Å²) in [7, 11) is 1.58. The molecule has 7 nitrogen and oxygen atoms in total. The first-order valence-electron chi connectivity index (χ1n) is 12.5. The van der Waals surface area contributed by atoms with E-state index in [1.165, 1.54) is 4.90 Å². The Kier molecular flexibility index (Phi) is 9.15. The van der Waals surface area contributed by atoms with Gasteiger partial charge in [-0.15, -0.1) is 0 Å². The molecule has 0 radical (unpaired) electrons. The van der Waals surface area contributed by atoms with Gasteiger partial charge in [-0.2, -0.15) is 0 Å². The third-order valence-corrected chi connectivity index (χ3v) is 6.17. The van der Waals surface area contributed by atoms with Crippen LogP contribution in [0.4, 0.5) is 0 Å². The highest BCUT2D eigenvalue weighted by atomic mass is 16.5. The molecule has 2 aromatic rings. The van der Waals surface area contributed by atoms with Crippen molar-refractivity contribution >= 4 is 17.4 Å². The fraction of sp³-hybridized carbons (Fsp3) is 0.448. The van der Waals surface area contributed by atoms with Gasteiger partial charge in [-0.05, 0) is 74.6 Å². The summed E-state index contributed by atoms with van der Waals surface area (Å²) in [6.07, 6.45) is 0.644. The zero-order valence-electron chi connectivity index (χ0n) is 22.0. The minimum atomic E-state index is -0.718. The standard InChI is InChI=1S/C29H37NO6/c1-7-35-24-14-11-21(17-23(24)18(2)3)27(31)25-26(20-9-12-22(34-6)13-10-20)30(29(33)28(25)32)15-8-16-36-19(4)5/h9-14,17-19,26,31H,7-8,15-16H2,1-6H3/b27-25-. The van der Waals surface area contributed by atoms with Gasteiger partial charge >= 0.3 is 0 Å². The van der Waals surface area contributed by atoms with Crippen LogP contribution in [0.15, 0.2) is 48.0 Å². The number of carbonyl (C=O) groups excluding carboxylic acids is 2. The lowest BCUT2D eigenvalue weighted by atomic mass is 9.93. The maximum atomic E-state index is 13.3. The second-order valence-corrected chi connectivity index (χ2v) is 9.38. The van der Waals surface area contributed by atoms with Gasteiger partial charge in [0.05, 0.1) is 31.4 Å². The molecule has 0 saturated carbocycles. The molecule has 1 N–H and O–H groups in total. The molecule has 0 aliphatic carbocycles. The van der Waals surface area contributed by atoms with E-state index in [-0.39, 0.29) is 23.4 Å². The third kappa shape index (κ3) is 5.90. The smallest absolute Gasteiger partial charge is 0.295 e. The van der Waals surface area contributed by atoms with Crippen molar-refractivity contribution in [3.05, 3.63) is 64.7 Å². The fourth-order valence-electron chi connectivity index (χ4n) is 4.39. The third-order valence-electron chi connectivity index (χ3n) is 6.17. The number of ketones is 1. The number of aliphatic hydroxyl groups excluding tert-OH is 1. The highest BCUT2D eigenvalue weighted by Gasteiger charge is 2.45. The Balaban J connectivity index is 2.08. The van der Waals surface area contributed by atoms with Gasteiger partial charge in [0.1, 0.15) is 17.3 Å². The van der Waals surface area contributed by atoms with Crippen LogP contribution in [0.25, 0.3) is 5.76 Å². The van der Waals surface area contributed by atoms with Crippen molar-refractivity contribution in [2.24, 2.45) is 0 Å². The number of ether oxygens (including phenoxy) is 3. The molecule has 2 aromatic carbocycles. The average molecular weight is 496 g/mol. The number of hydrogen-bond donors (Lipinski definition) is 1. The number of rotatable bonds is 11. The van der Waals surface area contributed by atoms with E-state index < -0.39 is 17.7 Å². The van der Waals surface area contributed by atoms with Crippen LogP contribution in [0, 0.1) is 0 Å². The Labute approximate surface area is 213 Å². The molecule has 1 atom stereocenters. The van der Waals surface area contributed by atoms with Gasteiger partial charge in [0.2, 0.25) is 0 Å². The number of benzene rings is 2. The molecule has 0 spiro atoms. The van der Waals surface area contributed by atoms with Crippen molar-refractivity contribution in [2.75, 3.05) is 26.9 Å². The molecule has 1 aliphatic heterocycles. The van der Waals surface area contributed by atoms with Crippen molar-refractivity contribution in [1.29, 1.82) is 0 Å². The molecule has 1 amide bonds. The molecule has 3 rings (SSSR count). The lowest BCUT2D eigenvalue weighted by Gasteiger charge is -2.25. The molecule has 1 fully saturated rings. The first kappa shape index (κ1) is 27.3. The minimum Gasteiger partial charge on any atom is -0.507 e. The first-order chi connectivity index (χ1) is 17.2. The van der Waals surface area contributed by atoms with Crippen LogP contribution in [-0.2, 0) is 14.3 Å². The van der Waals surface area contributed by atoms with Crippen molar-refractivity contribution in [2.45, 2.75) is 59.1 Å². The van der Waals surface area contributed by atoms with Gasteiger partial charge in [-0.25, -0.2) is 0 Å². The SMILES string of the molecule is CCOc1ccc(/C(O)=C2/C(=O)C(=O)N(CCCOC(C)C)C2c2ccc(OC)cc2)cc1C(C)C. The van der Waals surface area contributed by atoms with Crippen LogP contribution < -0.4 is 9.47 Å². The lowest BCUT2D eigenvalue weighted by Crippen LogP contribution is -2.31. The van der Waals surface area contributed by atoms with Crippen LogP contribution >= 0.6 is 0 Å². The summed E-state index contributed by atoms with van der Waals surface area (Å²) >= 11 is 0. The zero-order valence-corrected chi connectivity index (χ0v) is 22.0. The van der Waals surface area contributed by atoms with E-state index in [1.807, 2.05) is 52.8 Å². The van der Waals surface area contributed by atoms with Crippen LogP contribution in [0.2, 0.25) is 0 Å². The number of amides is 1. The van der Waals surface area contributed by atoms with Crippen LogP contribution in [-0.4, -0.2) is 54.7 Å². The van der Waals surface area contributed by atoms with Gasteiger partial charge in [-0.1, -0.05) is 26.0 Å². The van der Waals surface area contributed by atoms with Gasteiger partial charge < -0.3 is 24.2 Å². The molecule has 1 aliphatic rings. The second-order valence-electron chi connectivity index (χ2n) is 9.38. The summed E-state index contributed by atoms with van der Waals surface area (Å²) in [6.45, 7) is 11.2. The Morgan fingerprint density at radius 2 is 1.75 bits per heavy atom. The molecule has 0 bridgehead atoms. The summed E-state index contributed by atoms with van der Waals surface area (Å²) < 4.78 is 16.7. The van der Waals surface area contributed by atoms with Gasteiger partial charge in [0.25, 0.3) is 11.7 Å². The molecular formula is C29H37NO6. The summed E-state index contributed by atoms with van der Waals surface area (Å²) in [5.41, 5.74) is 2.19. The molecular weight excluding hydrogens is 458 g/mol. The van der Waals surface area contributed by atoms with E-state index in [4.69, 9.17) is 14.2 Å². The number of likely N-dealkylation sites (tertiary alicyclic amines) is 1. The summed E-state index contributed by atoms with van der Waals surface area (Å²) in [5, 5.41) is 11.4. The van der Waals surface area contributed by atoms with E-state index in [2.05, 4.69) is 0 Å². The molecule has 1 saturated heterocycles. The normalized spacial score (nSPS) is 17.3. The second kappa shape index (κ2) is 12.1. The highest BCUT2D eigenvalue weighted by Crippen LogP contribution is 2.41. The highest BCUT2D eigenvalue weighted by molar-refractivity contribution is 6.46. The van der Waals surface area contributed by atoms with Crippen molar-refractivity contribution in [3.63, 3.8) is 0 Å². The summed E-state index contributed by atoms with van der Waals surface area (Å²) in [4.78, 5) is 27.9. The van der Waals surface area contributed by atoms with Crippen LogP contribution in [0.1, 0.15) is 69.7 Å². The average Bonchev–Trinajstić information content (AvgIpc) is 3.11. The van der Waals surface area contributed by atoms with E-state index in [1.54, 1.807) is 31.4 Å². The quantitative estimate of drug-likeness (QED) is 0.193. The molecule has 7 heteroatoms. The number of hydrogen-bond acceptors (Lipinski definition) is 6. The lowest BCUT2D eigenvalue weighted by molar-refractivity contribution is -0.140. The number of methoxy groups -OCH3 is 1. The Hall–Kier alpha value is -3.32. The topological polar surface area (TPSA) is 85.3 Å². The summed E-state index contributed by atoms with van der Waals surface area (Å²) in [5.74, 6) is 0.0191. The number of nitrogens with zero attached hydrogens (tertiary/aromatic N) is 1. The van der Waals surface area contributed by atoms with E-state index in [9.17, 15) is 14.7 Å². The number of Topliss-reactive ketones (excluding diaryl/α,β-unsaturated/α-hetero) is 1. The van der Waals surface area contributed by atoms with Crippen molar-refractivity contribution in [3.8, 4) is 11.5 Å². The number of aliphatic hydroxyl groups is 1. The van der Waals surface area contributed by atoms with Gasteiger partial charge in [0, 0.05) is 18.7 Å². The van der Waals surface area contributed by atoms with E-state index >= 15 is 0 Å².